The van der Waals surface area contributed by atoms with E-state index in [-0.39, 0.29) is 36.1 Å². The lowest BCUT2D eigenvalue weighted by Gasteiger charge is -2.31. The van der Waals surface area contributed by atoms with E-state index < -0.39 is 5.60 Å². The number of nitrogens with zero attached hydrogens (tertiary/aromatic N) is 1. The van der Waals surface area contributed by atoms with Crippen LogP contribution in [0.2, 0.25) is 0 Å². The van der Waals surface area contributed by atoms with Crippen LogP contribution >= 0.6 is 24.0 Å². The third-order valence-corrected chi connectivity index (χ3v) is 4.53. The van der Waals surface area contributed by atoms with Crippen LogP contribution in [0.25, 0.3) is 0 Å². The van der Waals surface area contributed by atoms with Crippen LogP contribution in [0.15, 0.2) is 27.8 Å². The molecule has 1 aliphatic rings. The fraction of sp³-hybridized carbons (Fsp3) is 0.714. The number of carbonyl (C=O) groups excluding carboxylic acids is 1. The number of nitrogens with one attached hydrogen (secondary N) is 3. The van der Waals surface area contributed by atoms with Crippen LogP contribution in [0.3, 0.4) is 0 Å². The summed E-state index contributed by atoms with van der Waals surface area (Å²) in [6.07, 6.45) is 7.06. The molecule has 0 aliphatic heterocycles. The lowest BCUT2D eigenvalue weighted by Crippen LogP contribution is -2.48. The SMILES string of the molecule is CCCN=C(NCCc1ccco1)NC1CCC(NC(=O)OC(C)(C)C)CC1.I. The Bertz CT molecular complexity index is 606. The second-order valence-electron chi connectivity index (χ2n) is 8.33. The quantitative estimate of drug-likeness (QED) is 0.285. The summed E-state index contributed by atoms with van der Waals surface area (Å²) < 4.78 is 10.7. The topological polar surface area (TPSA) is 87.9 Å². The molecule has 29 heavy (non-hydrogen) atoms. The molecule has 8 heteroatoms. The van der Waals surface area contributed by atoms with E-state index in [2.05, 4.69) is 27.9 Å². The van der Waals surface area contributed by atoms with Crippen molar-refractivity contribution < 1.29 is 13.9 Å². The van der Waals surface area contributed by atoms with Gasteiger partial charge in [0.2, 0.25) is 0 Å². The molecule has 1 saturated carbocycles. The molecule has 166 valence electrons. The Kier molecular flexibility index (Phi) is 11.4. The van der Waals surface area contributed by atoms with E-state index in [1.807, 2.05) is 32.9 Å². The molecule has 1 aliphatic carbocycles. The van der Waals surface area contributed by atoms with E-state index in [1.165, 1.54) is 0 Å². The maximum Gasteiger partial charge on any atom is 0.407 e. The van der Waals surface area contributed by atoms with E-state index in [1.54, 1.807) is 6.26 Å². The molecule has 1 heterocycles. The van der Waals surface area contributed by atoms with Crippen LogP contribution in [0.1, 0.15) is 65.6 Å². The summed E-state index contributed by atoms with van der Waals surface area (Å²) in [6, 6.07) is 4.43. The third-order valence-electron chi connectivity index (χ3n) is 4.53. The molecule has 1 aromatic heterocycles. The summed E-state index contributed by atoms with van der Waals surface area (Å²) in [5.41, 5.74) is -0.463. The average Bonchev–Trinajstić information content (AvgIpc) is 3.13. The summed E-state index contributed by atoms with van der Waals surface area (Å²) in [5.74, 6) is 1.83. The highest BCUT2D eigenvalue weighted by molar-refractivity contribution is 14.0. The van der Waals surface area contributed by atoms with Gasteiger partial charge in [-0.25, -0.2) is 4.79 Å². The molecule has 1 amide bonds. The first-order valence-electron chi connectivity index (χ1n) is 10.4. The number of rotatable bonds is 7. The van der Waals surface area contributed by atoms with Crippen molar-refractivity contribution in [1.82, 2.24) is 16.0 Å². The van der Waals surface area contributed by atoms with Crippen molar-refractivity contribution in [3.05, 3.63) is 24.2 Å². The molecule has 0 radical (unpaired) electrons. The van der Waals surface area contributed by atoms with Gasteiger partial charge in [-0.2, -0.15) is 0 Å². The number of aliphatic imine (C=N–C) groups is 1. The molecular weight excluding hydrogens is 483 g/mol. The van der Waals surface area contributed by atoms with Crippen LogP contribution in [0.4, 0.5) is 4.79 Å². The van der Waals surface area contributed by atoms with E-state index >= 15 is 0 Å². The van der Waals surface area contributed by atoms with Crippen LogP contribution in [-0.4, -0.2) is 42.8 Å². The third kappa shape index (κ3) is 10.8. The lowest BCUT2D eigenvalue weighted by atomic mass is 9.91. The van der Waals surface area contributed by atoms with Gasteiger partial charge in [-0.3, -0.25) is 4.99 Å². The van der Waals surface area contributed by atoms with Crippen molar-refractivity contribution in [2.24, 2.45) is 4.99 Å². The molecule has 1 aromatic rings. The molecule has 0 bridgehead atoms. The minimum absolute atomic E-state index is 0. The number of furan rings is 1. The first kappa shape index (κ1) is 25.6. The Morgan fingerprint density at radius 3 is 2.41 bits per heavy atom. The summed E-state index contributed by atoms with van der Waals surface area (Å²) in [4.78, 5) is 16.6. The molecule has 3 N–H and O–H groups in total. The van der Waals surface area contributed by atoms with Crippen LogP contribution in [0.5, 0.6) is 0 Å². The molecule has 0 atom stereocenters. The predicted octanol–water partition coefficient (Wildman–Crippen LogP) is 4.22. The number of hydrogen-bond donors (Lipinski definition) is 3. The Labute approximate surface area is 191 Å². The number of alkyl carbamates (subject to hydrolysis) is 1. The zero-order valence-electron chi connectivity index (χ0n) is 18.1. The first-order chi connectivity index (χ1) is 13.4. The van der Waals surface area contributed by atoms with Gasteiger partial charge in [0.1, 0.15) is 11.4 Å². The Morgan fingerprint density at radius 2 is 1.86 bits per heavy atom. The lowest BCUT2D eigenvalue weighted by molar-refractivity contribution is 0.0490. The normalized spacial score (nSPS) is 19.8. The fourth-order valence-electron chi connectivity index (χ4n) is 3.18. The zero-order valence-corrected chi connectivity index (χ0v) is 20.5. The van der Waals surface area contributed by atoms with Gasteiger partial charge >= 0.3 is 6.09 Å². The van der Waals surface area contributed by atoms with Gasteiger partial charge in [0.25, 0.3) is 0 Å². The number of guanidine groups is 1. The summed E-state index contributed by atoms with van der Waals surface area (Å²) in [7, 11) is 0. The fourth-order valence-corrected chi connectivity index (χ4v) is 3.18. The Morgan fingerprint density at radius 1 is 1.21 bits per heavy atom. The van der Waals surface area contributed by atoms with Crippen LogP contribution in [0, 0.1) is 0 Å². The van der Waals surface area contributed by atoms with Crippen molar-refractivity contribution in [2.75, 3.05) is 13.1 Å². The van der Waals surface area contributed by atoms with Gasteiger partial charge < -0.3 is 25.1 Å². The van der Waals surface area contributed by atoms with Crippen molar-refractivity contribution in [3.63, 3.8) is 0 Å². The maximum atomic E-state index is 11.9. The monoisotopic (exact) mass is 520 g/mol. The number of ether oxygens (including phenoxy) is 1. The predicted molar refractivity (Wildman–Crippen MR) is 127 cm³/mol. The van der Waals surface area contributed by atoms with Crippen LogP contribution in [-0.2, 0) is 11.2 Å². The minimum Gasteiger partial charge on any atom is -0.469 e. The van der Waals surface area contributed by atoms with Crippen molar-refractivity contribution in [3.8, 4) is 0 Å². The molecular formula is C21H37IN4O3. The molecule has 0 saturated heterocycles. The Hall–Kier alpha value is -1.45. The number of halogens is 1. The highest BCUT2D eigenvalue weighted by atomic mass is 127. The summed E-state index contributed by atoms with van der Waals surface area (Å²) in [6.45, 7) is 9.33. The molecule has 0 spiro atoms. The van der Waals surface area contributed by atoms with Gasteiger partial charge in [-0.1, -0.05) is 6.92 Å². The molecule has 1 fully saturated rings. The highest BCUT2D eigenvalue weighted by Crippen LogP contribution is 2.19. The Balaban J connectivity index is 0.00000420. The van der Waals surface area contributed by atoms with Gasteiger partial charge in [0.05, 0.1) is 6.26 Å². The second kappa shape index (κ2) is 13.0. The largest absolute Gasteiger partial charge is 0.469 e. The second-order valence-corrected chi connectivity index (χ2v) is 8.33. The van der Waals surface area contributed by atoms with Crippen molar-refractivity contribution >= 4 is 36.0 Å². The van der Waals surface area contributed by atoms with Crippen molar-refractivity contribution in [2.45, 2.75) is 83.9 Å². The van der Waals surface area contributed by atoms with E-state index in [0.29, 0.717) is 6.04 Å². The maximum absolute atomic E-state index is 11.9. The van der Waals surface area contributed by atoms with E-state index in [0.717, 1.165) is 63.3 Å². The van der Waals surface area contributed by atoms with E-state index in [4.69, 9.17) is 9.15 Å². The number of hydrogen-bond acceptors (Lipinski definition) is 4. The average molecular weight is 520 g/mol. The molecule has 2 rings (SSSR count). The highest BCUT2D eigenvalue weighted by Gasteiger charge is 2.25. The van der Waals surface area contributed by atoms with Gasteiger partial charge in [-0.05, 0) is 65.0 Å². The summed E-state index contributed by atoms with van der Waals surface area (Å²) in [5, 5.41) is 9.93. The van der Waals surface area contributed by atoms with E-state index in [9.17, 15) is 4.79 Å². The zero-order chi connectivity index (χ0) is 20.4. The molecule has 7 nitrogen and oxygen atoms in total. The molecule has 0 unspecified atom stereocenters. The molecule has 0 aromatic carbocycles. The number of carbonyl (C=O) groups is 1. The summed E-state index contributed by atoms with van der Waals surface area (Å²) >= 11 is 0. The smallest absolute Gasteiger partial charge is 0.407 e. The van der Waals surface area contributed by atoms with Gasteiger partial charge in [0, 0.05) is 31.6 Å². The van der Waals surface area contributed by atoms with Gasteiger partial charge in [-0.15, -0.1) is 24.0 Å². The first-order valence-corrected chi connectivity index (χ1v) is 10.4. The standard InChI is InChI=1S/C21H36N4O3.HI/c1-5-13-22-19(23-14-12-18-7-6-15-27-18)24-16-8-10-17(11-9-16)25-20(26)28-21(2,3)4;/h6-7,15-17H,5,8-14H2,1-4H3,(H,25,26)(H2,22,23,24);1H. The van der Waals surface area contributed by atoms with Crippen molar-refractivity contribution in [1.29, 1.82) is 0 Å². The van der Waals surface area contributed by atoms with Crippen LogP contribution < -0.4 is 16.0 Å². The minimum atomic E-state index is -0.463. The van der Waals surface area contributed by atoms with Gasteiger partial charge in [0.15, 0.2) is 5.96 Å². The number of amides is 1.